The summed E-state index contributed by atoms with van der Waals surface area (Å²) >= 11 is 0. The SMILES string of the molecule is C=CCOC(=O)c1ccccc1NS(=O)(=O)c1ccc(-c2ccccc2)cc1. The third-order valence-electron chi connectivity index (χ3n) is 4.00. The molecule has 0 aliphatic rings. The van der Waals surface area contributed by atoms with Crippen LogP contribution in [0.15, 0.2) is 96.4 Å². The lowest BCUT2D eigenvalue weighted by Gasteiger charge is -2.12. The summed E-state index contributed by atoms with van der Waals surface area (Å²) in [5, 5.41) is 0. The number of para-hydroxylation sites is 1. The summed E-state index contributed by atoms with van der Waals surface area (Å²) in [6, 6.07) is 22.5. The third-order valence-corrected chi connectivity index (χ3v) is 5.38. The van der Waals surface area contributed by atoms with Crippen molar-refractivity contribution in [2.24, 2.45) is 0 Å². The Bertz CT molecular complexity index is 1080. The number of ether oxygens (including phenoxy) is 1. The number of nitrogens with one attached hydrogen (secondary N) is 1. The Labute approximate surface area is 164 Å². The summed E-state index contributed by atoms with van der Waals surface area (Å²) in [4.78, 5) is 12.2. The fourth-order valence-corrected chi connectivity index (χ4v) is 3.70. The Morgan fingerprint density at radius 2 is 1.50 bits per heavy atom. The van der Waals surface area contributed by atoms with Crippen molar-refractivity contribution >= 4 is 21.7 Å². The van der Waals surface area contributed by atoms with Crippen LogP contribution < -0.4 is 4.72 Å². The molecule has 5 nitrogen and oxygen atoms in total. The van der Waals surface area contributed by atoms with Gasteiger partial charge in [0.05, 0.1) is 16.1 Å². The minimum Gasteiger partial charge on any atom is -0.458 e. The van der Waals surface area contributed by atoms with Crippen LogP contribution in [0.25, 0.3) is 11.1 Å². The lowest BCUT2D eigenvalue weighted by molar-refractivity contribution is 0.0551. The van der Waals surface area contributed by atoms with E-state index in [1.54, 1.807) is 24.3 Å². The number of anilines is 1. The highest BCUT2D eigenvalue weighted by Gasteiger charge is 2.19. The van der Waals surface area contributed by atoms with Crippen molar-refractivity contribution in [3.8, 4) is 11.1 Å². The number of rotatable bonds is 7. The molecule has 0 atom stereocenters. The zero-order valence-corrected chi connectivity index (χ0v) is 15.9. The summed E-state index contributed by atoms with van der Waals surface area (Å²) in [6.45, 7) is 3.53. The Hall–Kier alpha value is -3.38. The van der Waals surface area contributed by atoms with E-state index in [1.165, 1.54) is 30.3 Å². The molecule has 28 heavy (non-hydrogen) atoms. The van der Waals surface area contributed by atoms with Crippen molar-refractivity contribution < 1.29 is 17.9 Å². The molecule has 0 heterocycles. The van der Waals surface area contributed by atoms with Gasteiger partial charge in [0.25, 0.3) is 10.0 Å². The van der Waals surface area contributed by atoms with E-state index in [0.717, 1.165) is 11.1 Å². The second-order valence-corrected chi connectivity index (χ2v) is 7.61. The number of hydrogen-bond acceptors (Lipinski definition) is 4. The zero-order valence-electron chi connectivity index (χ0n) is 15.0. The number of carbonyl (C=O) groups is 1. The van der Waals surface area contributed by atoms with Crippen LogP contribution in [-0.2, 0) is 14.8 Å². The Balaban J connectivity index is 1.85. The van der Waals surface area contributed by atoms with Crippen molar-refractivity contribution in [1.82, 2.24) is 0 Å². The topological polar surface area (TPSA) is 72.5 Å². The predicted octanol–water partition coefficient (Wildman–Crippen LogP) is 4.50. The van der Waals surface area contributed by atoms with E-state index in [-0.39, 0.29) is 22.8 Å². The molecule has 0 amide bonds. The summed E-state index contributed by atoms with van der Waals surface area (Å²) < 4.78 is 33.0. The summed E-state index contributed by atoms with van der Waals surface area (Å²) in [7, 11) is -3.87. The fraction of sp³-hybridized carbons (Fsp3) is 0.0455. The molecule has 3 aromatic rings. The first kappa shape index (κ1) is 19.4. The molecule has 0 aliphatic carbocycles. The quantitative estimate of drug-likeness (QED) is 0.474. The number of esters is 1. The largest absolute Gasteiger partial charge is 0.458 e. The smallest absolute Gasteiger partial charge is 0.340 e. The number of benzene rings is 3. The lowest BCUT2D eigenvalue weighted by atomic mass is 10.1. The second kappa shape index (κ2) is 8.54. The molecule has 0 radical (unpaired) electrons. The first-order valence-corrected chi connectivity index (χ1v) is 10.0. The van der Waals surface area contributed by atoms with E-state index >= 15 is 0 Å². The van der Waals surface area contributed by atoms with E-state index < -0.39 is 16.0 Å². The maximum atomic E-state index is 12.8. The molecule has 0 saturated carbocycles. The van der Waals surface area contributed by atoms with Crippen LogP contribution in [0, 0.1) is 0 Å². The van der Waals surface area contributed by atoms with Crippen molar-refractivity contribution in [3.63, 3.8) is 0 Å². The van der Waals surface area contributed by atoms with Crippen LogP contribution in [0.5, 0.6) is 0 Å². The highest BCUT2D eigenvalue weighted by Crippen LogP contribution is 2.24. The Morgan fingerprint density at radius 1 is 0.893 bits per heavy atom. The minimum atomic E-state index is -3.87. The van der Waals surface area contributed by atoms with Crippen molar-refractivity contribution in [2.45, 2.75) is 4.90 Å². The number of carbonyl (C=O) groups excluding carboxylic acids is 1. The standard InChI is InChI=1S/C22H19NO4S/c1-2-16-27-22(24)20-10-6-7-11-21(20)23-28(25,26)19-14-12-18(13-15-19)17-8-4-3-5-9-17/h2-15,23H,1,16H2. The minimum absolute atomic E-state index is 0.0425. The Morgan fingerprint density at radius 3 is 2.18 bits per heavy atom. The molecule has 3 rings (SSSR count). The second-order valence-electron chi connectivity index (χ2n) is 5.93. The highest BCUT2D eigenvalue weighted by molar-refractivity contribution is 7.92. The van der Waals surface area contributed by atoms with Crippen LogP contribution in [0.1, 0.15) is 10.4 Å². The van der Waals surface area contributed by atoms with Crippen molar-refractivity contribution in [3.05, 3.63) is 97.1 Å². The molecule has 0 saturated heterocycles. The summed E-state index contributed by atoms with van der Waals surface area (Å²) in [5.41, 5.74) is 2.19. The average molecular weight is 393 g/mol. The van der Waals surface area contributed by atoms with Crippen molar-refractivity contribution in [2.75, 3.05) is 11.3 Å². The molecule has 6 heteroatoms. The number of sulfonamides is 1. The molecule has 3 aromatic carbocycles. The Kier molecular flexibility index (Phi) is 5.91. The van der Waals surface area contributed by atoms with E-state index in [1.807, 2.05) is 30.3 Å². The normalized spacial score (nSPS) is 10.9. The highest BCUT2D eigenvalue weighted by atomic mass is 32.2. The molecule has 0 unspecified atom stereocenters. The average Bonchev–Trinajstić information content (AvgIpc) is 2.73. The van der Waals surface area contributed by atoms with E-state index in [0.29, 0.717) is 0 Å². The van der Waals surface area contributed by atoms with E-state index in [2.05, 4.69) is 11.3 Å². The third kappa shape index (κ3) is 4.47. The van der Waals surface area contributed by atoms with Crippen LogP contribution in [0.3, 0.4) is 0 Å². The molecule has 0 spiro atoms. The first-order chi connectivity index (χ1) is 13.5. The first-order valence-electron chi connectivity index (χ1n) is 8.56. The molecule has 0 fully saturated rings. The molecule has 0 aliphatic heterocycles. The van der Waals surface area contributed by atoms with Gasteiger partial charge in [0, 0.05) is 0 Å². The van der Waals surface area contributed by atoms with Crippen LogP contribution in [0.4, 0.5) is 5.69 Å². The van der Waals surface area contributed by atoms with Gasteiger partial charge in [0.1, 0.15) is 6.61 Å². The van der Waals surface area contributed by atoms with E-state index in [9.17, 15) is 13.2 Å². The van der Waals surface area contributed by atoms with Gasteiger partial charge in [0.15, 0.2) is 0 Å². The molecule has 1 N–H and O–H groups in total. The zero-order chi connectivity index (χ0) is 20.0. The van der Waals surface area contributed by atoms with Gasteiger partial charge < -0.3 is 4.74 Å². The van der Waals surface area contributed by atoms with Gasteiger partial charge in [0.2, 0.25) is 0 Å². The van der Waals surface area contributed by atoms with Gasteiger partial charge in [-0.15, -0.1) is 0 Å². The molecule has 0 bridgehead atoms. The summed E-state index contributed by atoms with van der Waals surface area (Å²) in [6.07, 6.45) is 1.44. The van der Waals surface area contributed by atoms with Crippen molar-refractivity contribution in [1.29, 1.82) is 0 Å². The van der Waals surface area contributed by atoms with Crippen LogP contribution in [-0.4, -0.2) is 21.0 Å². The maximum absolute atomic E-state index is 12.8. The van der Waals surface area contributed by atoms with Gasteiger partial charge in [-0.1, -0.05) is 67.3 Å². The molecular formula is C22H19NO4S. The van der Waals surface area contributed by atoms with Crippen LogP contribution in [0.2, 0.25) is 0 Å². The lowest BCUT2D eigenvalue weighted by Crippen LogP contribution is -2.16. The molecule has 142 valence electrons. The van der Waals surface area contributed by atoms with Gasteiger partial charge >= 0.3 is 5.97 Å². The van der Waals surface area contributed by atoms with Gasteiger partial charge in [-0.05, 0) is 35.4 Å². The van der Waals surface area contributed by atoms with Crippen LogP contribution >= 0.6 is 0 Å². The van der Waals surface area contributed by atoms with Gasteiger partial charge in [-0.2, -0.15) is 0 Å². The monoisotopic (exact) mass is 393 g/mol. The molecule has 0 aromatic heterocycles. The molecular weight excluding hydrogens is 374 g/mol. The van der Waals surface area contributed by atoms with Gasteiger partial charge in [-0.3, -0.25) is 4.72 Å². The summed E-state index contributed by atoms with van der Waals surface area (Å²) in [5.74, 6) is -0.627. The van der Waals surface area contributed by atoms with E-state index in [4.69, 9.17) is 4.74 Å². The predicted molar refractivity (Wildman–Crippen MR) is 110 cm³/mol. The van der Waals surface area contributed by atoms with Gasteiger partial charge in [-0.25, -0.2) is 13.2 Å². The number of hydrogen-bond donors (Lipinski definition) is 1. The fourth-order valence-electron chi connectivity index (χ4n) is 2.62. The maximum Gasteiger partial charge on any atom is 0.340 e.